The van der Waals surface area contributed by atoms with Crippen LogP contribution in [0.3, 0.4) is 0 Å². The summed E-state index contributed by atoms with van der Waals surface area (Å²) in [7, 11) is 1.65. The third kappa shape index (κ3) is 3.59. The molecule has 1 atom stereocenters. The van der Waals surface area contributed by atoms with Gasteiger partial charge < -0.3 is 10.1 Å². The van der Waals surface area contributed by atoms with E-state index in [2.05, 4.69) is 40.4 Å². The summed E-state index contributed by atoms with van der Waals surface area (Å²) in [4.78, 5) is 12.9. The average molecular weight is 375 g/mol. The lowest BCUT2D eigenvalue weighted by Gasteiger charge is -2.18. The lowest BCUT2D eigenvalue weighted by Crippen LogP contribution is -2.27. The molecule has 5 heteroatoms. The molecule has 1 saturated heterocycles. The van der Waals surface area contributed by atoms with Gasteiger partial charge in [-0.05, 0) is 41.0 Å². The summed E-state index contributed by atoms with van der Waals surface area (Å²) in [5, 5.41) is 5.46. The van der Waals surface area contributed by atoms with Gasteiger partial charge >= 0.3 is 0 Å². The third-order valence-electron chi connectivity index (χ3n) is 5.39. The van der Waals surface area contributed by atoms with E-state index in [9.17, 15) is 4.79 Å². The van der Waals surface area contributed by atoms with Crippen molar-refractivity contribution in [2.24, 2.45) is 0 Å². The lowest BCUT2D eigenvalue weighted by atomic mass is 9.97. The molecule has 1 aliphatic rings. The number of amides is 1. The molecule has 0 saturated carbocycles. The quantitative estimate of drug-likeness (QED) is 0.638. The minimum atomic E-state index is -0.104. The Balaban J connectivity index is 1.56. The lowest BCUT2D eigenvalue weighted by molar-refractivity contribution is 0.0939. The Morgan fingerprint density at radius 3 is 2.61 bits per heavy atom. The molecule has 1 fully saturated rings. The van der Waals surface area contributed by atoms with Crippen LogP contribution in [0.15, 0.2) is 60.7 Å². The van der Waals surface area contributed by atoms with Gasteiger partial charge in [0.25, 0.3) is 5.91 Å². The topological polar surface area (TPSA) is 62.4 Å². The van der Waals surface area contributed by atoms with Crippen molar-refractivity contribution in [3.63, 3.8) is 0 Å². The molecule has 0 unspecified atom stereocenters. The number of benzene rings is 3. The molecule has 0 spiro atoms. The number of ether oxygens (including phenoxy) is 1. The third-order valence-corrected chi connectivity index (χ3v) is 5.39. The van der Waals surface area contributed by atoms with Crippen LogP contribution in [0.25, 0.3) is 10.8 Å². The number of fused-ring (bicyclic) bond motifs is 1. The zero-order chi connectivity index (χ0) is 19.5. The highest BCUT2D eigenvalue weighted by atomic mass is 16.5. The van der Waals surface area contributed by atoms with Gasteiger partial charge in [0.15, 0.2) is 0 Å². The first kappa shape index (κ1) is 18.5. The van der Waals surface area contributed by atoms with Crippen molar-refractivity contribution in [2.75, 3.05) is 20.2 Å². The van der Waals surface area contributed by atoms with Gasteiger partial charge in [0, 0.05) is 24.6 Å². The molecule has 0 radical (unpaired) electrons. The van der Waals surface area contributed by atoms with Crippen molar-refractivity contribution in [1.29, 1.82) is 0 Å². The van der Waals surface area contributed by atoms with Gasteiger partial charge in [0.2, 0.25) is 0 Å². The maximum Gasteiger partial charge on any atom is 0.251 e. The van der Waals surface area contributed by atoms with Crippen LogP contribution in [0.1, 0.15) is 40.4 Å². The molecule has 0 aliphatic carbocycles. The molecule has 3 N–H and O–H groups in total. The number of hydrogen-bond acceptors (Lipinski definition) is 4. The van der Waals surface area contributed by atoms with E-state index in [0.717, 1.165) is 35.4 Å². The predicted molar refractivity (Wildman–Crippen MR) is 112 cm³/mol. The Morgan fingerprint density at radius 2 is 1.82 bits per heavy atom. The van der Waals surface area contributed by atoms with Crippen molar-refractivity contribution in [1.82, 2.24) is 16.2 Å². The van der Waals surface area contributed by atoms with Crippen LogP contribution >= 0.6 is 0 Å². The molecule has 28 heavy (non-hydrogen) atoms. The maximum atomic E-state index is 12.9. The van der Waals surface area contributed by atoms with Gasteiger partial charge in [-0.2, -0.15) is 0 Å². The second-order valence-electron chi connectivity index (χ2n) is 7.18. The fraction of sp³-hybridized carbons (Fsp3) is 0.261. The Hall–Kier alpha value is -2.89. The number of nitrogens with one attached hydrogen (secondary N) is 3. The first-order valence-electron chi connectivity index (χ1n) is 9.59. The number of carbonyl (C=O) groups is 1. The average Bonchev–Trinajstić information content (AvgIpc) is 3.27. The first-order chi connectivity index (χ1) is 13.7. The number of hydrogen-bond donors (Lipinski definition) is 3. The van der Waals surface area contributed by atoms with Crippen LogP contribution in [-0.4, -0.2) is 26.1 Å². The molecule has 3 aromatic carbocycles. The Bertz CT molecular complexity index is 991. The number of rotatable bonds is 5. The van der Waals surface area contributed by atoms with Crippen molar-refractivity contribution in [3.05, 3.63) is 77.4 Å². The van der Waals surface area contributed by atoms with E-state index in [1.807, 2.05) is 43.3 Å². The molecule has 1 heterocycles. The van der Waals surface area contributed by atoms with Crippen molar-refractivity contribution < 1.29 is 9.53 Å². The van der Waals surface area contributed by atoms with Gasteiger partial charge in [-0.25, -0.2) is 0 Å². The summed E-state index contributed by atoms with van der Waals surface area (Å²) >= 11 is 0. The minimum Gasteiger partial charge on any atom is -0.496 e. The monoisotopic (exact) mass is 375 g/mol. The van der Waals surface area contributed by atoms with Crippen LogP contribution in [0.5, 0.6) is 5.75 Å². The molecule has 1 amide bonds. The molecule has 0 aromatic heterocycles. The number of methoxy groups -OCH3 is 1. The van der Waals surface area contributed by atoms with E-state index in [1.165, 1.54) is 5.39 Å². The van der Waals surface area contributed by atoms with Crippen LogP contribution in [0.4, 0.5) is 0 Å². The van der Waals surface area contributed by atoms with Gasteiger partial charge in [-0.15, -0.1) is 0 Å². The Morgan fingerprint density at radius 1 is 1.07 bits per heavy atom. The molecule has 144 valence electrons. The Labute approximate surface area is 165 Å². The van der Waals surface area contributed by atoms with Crippen molar-refractivity contribution in [2.45, 2.75) is 18.9 Å². The molecule has 5 nitrogen and oxygen atoms in total. The fourth-order valence-corrected chi connectivity index (χ4v) is 3.86. The summed E-state index contributed by atoms with van der Waals surface area (Å²) in [5.74, 6) is 0.982. The van der Waals surface area contributed by atoms with E-state index in [1.54, 1.807) is 7.11 Å². The molecule has 3 aromatic rings. The highest BCUT2D eigenvalue weighted by Gasteiger charge is 2.22. The smallest absolute Gasteiger partial charge is 0.251 e. The maximum absolute atomic E-state index is 12.9. The fourth-order valence-electron chi connectivity index (χ4n) is 3.86. The van der Waals surface area contributed by atoms with Crippen molar-refractivity contribution >= 4 is 16.7 Å². The summed E-state index contributed by atoms with van der Waals surface area (Å²) in [6, 6.07) is 20.0. The van der Waals surface area contributed by atoms with E-state index >= 15 is 0 Å². The SMILES string of the molecule is COc1cc(C(=O)N[C@@H](C)c2cccc3ccccc23)ccc1C1CNNC1. The molecule has 1 aliphatic heterocycles. The Kier molecular flexibility index (Phi) is 5.28. The molecular formula is C23H25N3O2. The predicted octanol–water partition coefficient (Wildman–Crippen LogP) is 3.53. The second-order valence-corrected chi connectivity index (χ2v) is 7.18. The summed E-state index contributed by atoms with van der Waals surface area (Å²) in [6.45, 7) is 3.71. The number of carbonyl (C=O) groups excluding carboxylic acids is 1. The van der Waals surface area contributed by atoms with Crippen LogP contribution in [0, 0.1) is 0 Å². The van der Waals surface area contributed by atoms with Crippen LogP contribution < -0.4 is 20.9 Å². The molecule has 0 bridgehead atoms. The van der Waals surface area contributed by atoms with Gasteiger partial charge in [0.1, 0.15) is 5.75 Å². The summed E-state index contributed by atoms with van der Waals surface area (Å²) in [5.41, 5.74) is 9.09. The van der Waals surface area contributed by atoms with E-state index < -0.39 is 0 Å². The highest BCUT2D eigenvalue weighted by Crippen LogP contribution is 2.29. The van der Waals surface area contributed by atoms with Crippen LogP contribution in [-0.2, 0) is 0 Å². The van der Waals surface area contributed by atoms with E-state index in [4.69, 9.17) is 4.74 Å². The highest BCUT2D eigenvalue weighted by molar-refractivity contribution is 5.95. The second kappa shape index (κ2) is 8.00. The van der Waals surface area contributed by atoms with E-state index in [0.29, 0.717) is 11.5 Å². The van der Waals surface area contributed by atoms with Gasteiger partial charge in [0.05, 0.1) is 13.2 Å². The zero-order valence-electron chi connectivity index (χ0n) is 16.2. The van der Waals surface area contributed by atoms with E-state index in [-0.39, 0.29) is 11.9 Å². The normalized spacial score (nSPS) is 15.5. The zero-order valence-corrected chi connectivity index (χ0v) is 16.2. The largest absolute Gasteiger partial charge is 0.496 e. The summed E-state index contributed by atoms with van der Waals surface area (Å²) < 4.78 is 5.56. The molecular weight excluding hydrogens is 350 g/mol. The number of hydrazine groups is 1. The summed E-state index contributed by atoms with van der Waals surface area (Å²) in [6.07, 6.45) is 0. The first-order valence-corrected chi connectivity index (χ1v) is 9.59. The van der Waals surface area contributed by atoms with Gasteiger partial charge in [-0.3, -0.25) is 15.6 Å². The standard InChI is InChI=1S/C23H25N3O2/c1-15(19-9-5-7-16-6-3-4-8-20(16)19)26-23(27)17-10-11-21(22(12-17)28-2)18-13-24-25-14-18/h3-12,15,18,24-25H,13-14H2,1-2H3,(H,26,27)/t15-/m0/s1. The van der Waals surface area contributed by atoms with Crippen molar-refractivity contribution in [3.8, 4) is 5.75 Å². The minimum absolute atomic E-state index is 0.104. The van der Waals surface area contributed by atoms with Gasteiger partial charge in [-0.1, -0.05) is 48.5 Å². The van der Waals surface area contributed by atoms with Crippen LogP contribution in [0.2, 0.25) is 0 Å². The molecule has 4 rings (SSSR count).